The summed E-state index contributed by atoms with van der Waals surface area (Å²) < 4.78 is 15.6. The van der Waals surface area contributed by atoms with Crippen molar-refractivity contribution in [2.24, 2.45) is 5.92 Å². The SMILES string of the molecule is CC[C@H](CNC(=O)OCc1ccc(OC)cc1)C(=O)OCc1ccccc1. The van der Waals surface area contributed by atoms with Crippen molar-refractivity contribution in [2.45, 2.75) is 26.6 Å². The Kier molecular flexibility index (Phi) is 8.16. The molecular formula is C21H25NO5. The van der Waals surface area contributed by atoms with Crippen LogP contribution < -0.4 is 10.1 Å². The summed E-state index contributed by atoms with van der Waals surface area (Å²) in [6.45, 7) is 2.41. The van der Waals surface area contributed by atoms with Gasteiger partial charge in [0.1, 0.15) is 19.0 Å². The van der Waals surface area contributed by atoms with Gasteiger partial charge in [0.15, 0.2) is 0 Å². The summed E-state index contributed by atoms with van der Waals surface area (Å²) >= 11 is 0. The number of esters is 1. The molecule has 0 aliphatic carbocycles. The molecule has 1 N–H and O–H groups in total. The molecule has 2 aromatic carbocycles. The number of ether oxygens (including phenoxy) is 3. The summed E-state index contributed by atoms with van der Waals surface area (Å²) in [5, 5.41) is 2.62. The van der Waals surface area contributed by atoms with Gasteiger partial charge in [-0.05, 0) is 29.7 Å². The molecular weight excluding hydrogens is 346 g/mol. The van der Waals surface area contributed by atoms with E-state index >= 15 is 0 Å². The minimum atomic E-state index is -0.569. The third-order valence-electron chi connectivity index (χ3n) is 4.07. The highest BCUT2D eigenvalue weighted by Gasteiger charge is 2.19. The Hall–Kier alpha value is -3.02. The number of hydrogen-bond acceptors (Lipinski definition) is 5. The zero-order valence-electron chi connectivity index (χ0n) is 15.6. The van der Waals surface area contributed by atoms with Crippen LogP contribution in [-0.4, -0.2) is 25.7 Å². The number of nitrogens with one attached hydrogen (secondary N) is 1. The van der Waals surface area contributed by atoms with Crippen LogP contribution in [0, 0.1) is 5.92 Å². The normalized spacial score (nSPS) is 11.3. The summed E-state index contributed by atoms with van der Waals surface area (Å²) in [4.78, 5) is 24.0. The smallest absolute Gasteiger partial charge is 0.407 e. The van der Waals surface area contributed by atoms with Crippen molar-refractivity contribution in [3.63, 3.8) is 0 Å². The second kappa shape index (κ2) is 10.9. The molecule has 6 nitrogen and oxygen atoms in total. The quantitative estimate of drug-likeness (QED) is 0.681. The predicted molar refractivity (Wildman–Crippen MR) is 101 cm³/mol. The number of benzene rings is 2. The lowest BCUT2D eigenvalue weighted by atomic mass is 10.1. The van der Waals surface area contributed by atoms with Crippen LogP contribution in [0.2, 0.25) is 0 Å². The lowest BCUT2D eigenvalue weighted by Crippen LogP contribution is -2.33. The van der Waals surface area contributed by atoms with E-state index < -0.39 is 12.0 Å². The molecule has 0 bridgehead atoms. The topological polar surface area (TPSA) is 73.9 Å². The Bertz CT molecular complexity index is 715. The second-order valence-corrected chi connectivity index (χ2v) is 6.00. The zero-order valence-corrected chi connectivity index (χ0v) is 15.6. The van der Waals surface area contributed by atoms with Crippen LogP contribution in [-0.2, 0) is 27.5 Å². The van der Waals surface area contributed by atoms with Gasteiger partial charge in [-0.3, -0.25) is 4.79 Å². The van der Waals surface area contributed by atoms with Gasteiger partial charge in [-0.2, -0.15) is 0 Å². The molecule has 0 fully saturated rings. The summed E-state index contributed by atoms with van der Waals surface area (Å²) in [6, 6.07) is 16.7. The first kappa shape index (κ1) is 20.3. The van der Waals surface area contributed by atoms with E-state index in [1.165, 1.54) is 0 Å². The standard InChI is InChI=1S/C21H25NO5/c1-3-18(20(23)26-14-16-7-5-4-6-8-16)13-22-21(24)27-15-17-9-11-19(25-2)12-10-17/h4-12,18H,3,13-15H2,1-2H3,(H,22,24)/t18-/m1/s1. The van der Waals surface area contributed by atoms with E-state index in [1.807, 2.05) is 49.4 Å². The molecule has 1 amide bonds. The van der Waals surface area contributed by atoms with E-state index in [0.29, 0.717) is 6.42 Å². The first-order valence-corrected chi connectivity index (χ1v) is 8.86. The number of rotatable bonds is 9. The van der Waals surface area contributed by atoms with Crippen molar-refractivity contribution in [3.05, 3.63) is 65.7 Å². The third-order valence-corrected chi connectivity index (χ3v) is 4.07. The van der Waals surface area contributed by atoms with Crippen molar-refractivity contribution in [3.8, 4) is 5.75 Å². The van der Waals surface area contributed by atoms with Gasteiger partial charge < -0.3 is 19.5 Å². The molecule has 0 aromatic heterocycles. The Morgan fingerprint density at radius 2 is 1.56 bits per heavy atom. The molecule has 0 radical (unpaired) electrons. The molecule has 6 heteroatoms. The number of methoxy groups -OCH3 is 1. The largest absolute Gasteiger partial charge is 0.497 e. The van der Waals surface area contributed by atoms with Crippen molar-refractivity contribution in [1.82, 2.24) is 5.32 Å². The fraction of sp³-hybridized carbons (Fsp3) is 0.333. The summed E-state index contributed by atoms with van der Waals surface area (Å²) in [7, 11) is 1.59. The molecule has 2 rings (SSSR count). The highest BCUT2D eigenvalue weighted by atomic mass is 16.5. The van der Waals surface area contributed by atoms with Gasteiger partial charge in [-0.15, -0.1) is 0 Å². The van der Waals surface area contributed by atoms with Crippen LogP contribution >= 0.6 is 0 Å². The van der Waals surface area contributed by atoms with Crippen LogP contribution in [0.1, 0.15) is 24.5 Å². The van der Waals surface area contributed by atoms with Crippen LogP contribution in [0.15, 0.2) is 54.6 Å². The minimum Gasteiger partial charge on any atom is -0.497 e. The first-order chi connectivity index (χ1) is 13.1. The fourth-order valence-corrected chi connectivity index (χ4v) is 2.37. The number of carbonyl (C=O) groups is 2. The Balaban J connectivity index is 1.71. The van der Waals surface area contributed by atoms with Crippen molar-refractivity contribution in [2.75, 3.05) is 13.7 Å². The molecule has 0 heterocycles. The lowest BCUT2D eigenvalue weighted by Gasteiger charge is -2.15. The van der Waals surface area contributed by atoms with Crippen LogP contribution in [0.4, 0.5) is 4.79 Å². The Morgan fingerprint density at radius 1 is 0.926 bits per heavy atom. The van der Waals surface area contributed by atoms with E-state index in [9.17, 15) is 9.59 Å². The molecule has 0 saturated carbocycles. The van der Waals surface area contributed by atoms with Gasteiger partial charge in [0.05, 0.1) is 13.0 Å². The van der Waals surface area contributed by atoms with Gasteiger partial charge in [-0.25, -0.2) is 4.79 Å². The monoisotopic (exact) mass is 371 g/mol. The van der Waals surface area contributed by atoms with Crippen LogP contribution in [0.5, 0.6) is 5.75 Å². The highest BCUT2D eigenvalue weighted by Crippen LogP contribution is 2.12. The van der Waals surface area contributed by atoms with E-state index in [1.54, 1.807) is 19.2 Å². The van der Waals surface area contributed by atoms with Gasteiger partial charge in [-0.1, -0.05) is 49.4 Å². The molecule has 0 unspecified atom stereocenters. The third kappa shape index (κ3) is 7.01. The van der Waals surface area contributed by atoms with Crippen molar-refractivity contribution >= 4 is 12.1 Å². The summed E-state index contributed by atoms with van der Waals surface area (Å²) in [5.41, 5.74) is 1.77. The molecule has 2 aromatic rings. The number of amides is 1. The Morgan fingerprint density at radius 3 is 2.19 bits per heavy atom. The Labute approximate surface area is 159 Å². The van der Waals surface area contributed by atoms with Crippen LogP contribution in [0.25, 0.3) is 0 Å². The van der Waals surface area contributed by atoms with Crippen LogP contribution in [0.3, 0.4) is 0 Å². The van der Waals surface area contributed by atoms with Gasteiger partial charge >= 0.3 is 12.1 Å². The van der Waals surface area contributed by atoms with Gasteiger partial charge in [0.2, 0.25) is 0 Å². The fourth-order valence-electron chi connectivity index (χ4n) is 2.37. The van der Waals surface area contributed by atoms with Gasteiger partial charge in [0.25, 0.3) is 0 Å². The lowest BCUT2D eigenvalue weighted by molar-refractivity contribution is -0.149. The van der Waals surface area contributed by atoms with E-state index in [4.69, 9.17) is 14.2 Å². The van der Waals surface area contributed by atoms with Gasteiger partial charge in [0, 0.05) is 6.54 Å². The summed E-state index contributed by atoms with van der Waals surface area (Å²) in [5.74, 6) is -0.0120. The molecule has 0 aliphatic heterocycles. The average Bonchev–Trinajstić information content (AvgIpc) is 2.72. The van der Waals surface area contributed by atoms with E-state index in [0.717, 1.165) is 16.9 Å². The summed E-state index contributed by atoms with van der Waals surface area (Å²) in [6.07, 6.45) is -0.00744. The maximum absolute atomic E-state index is 12.2. The molecule has 0 saturated heterocycles. The molecule has 0 aliphatic rings. The molecule has 1 atom stereocenters. The van der Waals surface area contributed by atoms with E-state index in [-0.39, 0.29) is 25.7 Å². The maximum atomic E-state index is 12.2. The molecule has 27 heavy (non-hydrogen) atoms. The minimum absolute atomic E-state index is 0.144. The van der Waals surface area contributed by atoms with Crippen molar-refractivity contribution in [1.29, 1.82) is 0 Å². The maximum Gasteiger partial charge on any atom is 0.407 e. The average molecular weight is 371 g/mol. The second-order valence-electron chi connectivity index (χ2n) is 6.00. The van der Waals surface area contributed by atoms with Crippen molar-refractivity contribution < 1.29 is 23.8 Å². The predicted octanol–water partition coefficient (Wildman–Crippen LogP) is 3.69. The van der Waals surface area contributed by atoms with E-state index in [2.05, 4.69) is 5.32 Å². The first-order valence-electron chi connectivity index (χ1n) is 8.86. The zero-order chi connectivity index (χ0) is 19.5. The molecule has 144 valence electrons. The molecule has 0 spiro atoms. The number of carbonyl (C=O) groups excluding carboxylic acids is 2. The number of hydrogen-bond donors (Lipinski definition) is 1. The number of alkyl carbamates (subject to hydrolysis) is 1. The highest BCUT2D eigenvalue weighted by molar-refractivity contribution is 5.74.